The highest BCUT2D eigenvalue weighted by atomic mass is 35.5. The molecule has 32 heavy (non-hydrogen) atoms. The minimum atomic E-state index is -4.07. The molecule has 0 saturated carbocycles. The summed E-state index contributed by atoms with van der Waals surface area (Å²) in [6.45, 7) is 0.262. The van der Waals surface area contributed by atoms with E-state index in [1.807, 2.05) is 36.4 Å². The number of anilines is 1. The van der Waals surface area contributed by atoms with Crippen molar-refractivity contribution >= 4 is 68.0 Å². The van der Waals surface area contributed by atoms with Gasteiger partial charge in [0.1, 0.15) is 0 Å². The van der Waals surface area contributed by atoms with Crippen molar-refractivity contribution in [3.05, 3.63) is 97.4 Å². The maximum absolute atomic E-state index is 13.1. The maximum atomic E-state index is 13.1. The molecular formula is C22H16Cl4N2O3S. The van der Waals surface area contributed by atoms with Gasteiger partial charge >= 0.3 is 10.2 Å². The van der Waals surface area contributed by atoms with E-state index in [1.54, 1.807) is 18.2 Å². The van der Waals surface area contributed by atoms with Gasteiger partial charge in [-0.15, -0.1) is 4.40 Å². The van der Waals surface area contributed by atoms with Gasteiger partial charge in [0, 0.05) is 5.56 Å². The number of rotatable bonds is 6. The van der Waals surface area contributed by atoms with Gasteiger partial charge in [-0.3, -0.25) is 0 Å². The summed E-state index contributed by atoms with van der Waals surface area (Å²) in [6.07, 6.45) is 0. The largest absolute Gasteiger partial charge is 0.370 e. The van der Waals surface area contributed by atoms with Crippen molar-refractivity contribution in [3.63, 3.8) is 0 Å². The van der Waals surface area contributed by atoms with Crippen LogP contribution in [-0.4, -0.2) is 20.7 Å². The van der Waals surface area contributed by atoms with E-state index in [0.717, 1.165) is 9.87 Å². The van der Waals surface area contributed by atoms with Gasteiger partial charge in [0.2, 0.25) is 0 Å². The van der Waals surface area contributed by atoms with Crippen LogP contribution in [0.25, 0.3) is 0 Å². The Labute approximate surface area is 206 Å². The third-order valence-electron chi connectivity index (χ3n) is 4.83. The molecule has 4 rings (SSSR count). The molecule has 1 heterocycles. The number of hydrogen-bond donors (Lipinski definition) is 0. The van der Waals surface area contributed by atoms with Gasteiger partial charge in [-0.2, -0.15) is 8.42 Å². The Morgan fingerprint density at radius 3 is 2.28 bits per heavy atom. The summed E-state index contributed by atoms with van der Waals surface area (Å²) in [5.74, 6) is 0. The molecule has 3 aromatic carbocycles. The Hall–Kier alpha value is -1.80. The number of ether oxygens (including phenoxy) is 1. The van der Waals surface area contributed by atoms with Crippen LogP contribution < -0.4 is 4.31 Å². The fourth-order valence-corrected chi connectivity index (χ4v) is 5.44. The van der Waals surface area contributed by atoms with Gasteiger partial charge in [0.05, 0.1) is 51.2 Å². The van der Waals surface area contributed by atoms with E-state index in [-0.39, 0.29) is 33.2 Å². The summed E-state index contributed by atoms with van der Waals surface area (Å²) in [6, 6.07) is 18.2. The lowest BCUT2D eigenvalue weighted by Gasteiger charge is -2.29. The molecule has 0 bridgehead atoms. The SMILES string of the molecule is O=S1(=O)N=C(COCc2ccccc2)c2ccccc2N1Cc1cc(Cl)c(Cl)c(Cl)c1Cl. The quantitative estimate of drug-likeness (QED) is 0.268. The van der Waals surface area contributed by atoms with E-state index in [4.69, 9.17) is 51.1 Å². The Bertz CT molecular complexity index is 1300. The molecule has 3 aromatic rings. The van der Waals surface area contributed by atoms with Crippen molar-refractivity contribution < 1.29 is 13.2 Å². The first-order valence-electron chi connectivity index (χ1n) is 9.42. The molecule has 0 unspecified atom stereocenters. The lowest BCUT2D eigenvalue weighted by Crippen LogP contribution is -2.35. The van der Waals surface area contributed by atoms with Crippen molar-refractivity contribution in [3.8, 4) is 0 Å². The van der Waals surface area contributed by atoms with Crippen molar-refractivity contribution in [2.45, 2.75) is 13.2 Å². The van der Waals surface area contributed by atoms with Crippen molar-refractivity contribution in [2.75, 3.05) is 10.9 Å². The lowest BCUT2D eigenvalue weighted by molar-refractivity contribution is 0.158. The molecule has 0 N–H and O–H groups in total. The lowest BCUT2D eigenvalue weighted by atomic mass is 10.1. The highest BCUT2D eigenvalue weighted by molar-refractivity contribution is 7.91. The van der Waals surface area contributed by atoms with Gasteiger partial charge in [-0.25, -0.2) is 4.31 Å². The van der Waals surface area contributed by atoms with Gasteiger partial charge in [-0.1, -0.05) is 94.9 Å². The minimum Gasteiger partial charge on any atom is -0.370 e. The number of hydrogen-bond acceptors (Lipinski definition) is 3. The highest BCUT2D eigenvalue weighted by Crippen LogP contribution is 2.40. The van der Waals surface area contributed by atoms with E-state index < -0.39 is 10.2 Å². The number of para-hydroxylation sites is 1. The Morgan fingerprint density at radius 2 is 1.53 bits per heavy atom. The first kappa shape index (κ1) is 23.4. The number of halogens is 4. The predicted molar refractivity (Wildman–Crippen MR) is 131 cm³/mol. The molecule has 0 saturated heterocycles. The van der Waals surface area contributed by atoms with Crippen LogP contribution in [0.4, 0.5) is 5.69 Å². The highest BCUT2D eigenvalue weighted by Gasteiger charge is 2.32. The third kappa shape index (κ3) is 4.76. The molecule has 0 aliphatic carbocycles. The van der Waals surface area contributed by atoms with E-state index in [1.165, 1.54) is 6.07 Å². The van der Waals surface area contributed by atoms with Crippen LogP contribution in [0.5, 0.6) is 0 Å². The fourth-order valence-electron chi connectivity index (χ4n) is 3.30. The number of benzene rings is 3. The van der Waals surface area contributed by atoms with Crippen LogP contribution in [0.2, 0.25) is 20.1 Å². The monoisotopic (exact) mass is 528 g/mol. The Morgan fingerprint density at radius 1 is 0.844 bits per heavy atom. The molecule has 0 spiro atoms. The van der Waals surface area contributed by atoms with Crippen molar-refractivity contribution in [2.24, 2.45) is 4.40 Å². The molecule has 0 atom stereocenters. The summed E-state index contributed by atoms with van der Waals surface area (Å²) in [5, 5.41) is 0.490. The maximum Gasteiger partial charge on any atom is 0.345 e. The zero-order chi connectivity index (χ0) is 22.9. The smallest absolute Gasteiger partial charge is 0.345 e. The van der Waals surface area contributed by atoms with Crippen LogP contribution in [0.1, 0.15) is 16.7 Å². The molecular weight excluding hydrogens is 514 g/mol. The van der Waals surface area contributed by atoms with E-state index in [0.29, 0.717) is 29.1 Å². The van der Waals surface area contributed by atoms with Gasteiger partial charge in [0.25, 0.3) is 0 Å². The van der Waals surface area contributed by atoms with E-state index in [9.17, 15) is 8.42 Å². The van der Waals surface area contributed by atoms with Crippen LogP contribution in [0.3, 0.4) is 0 Å². The summed E-state index contributed by atoms with van der Waals surface area (Å²) in [4.78, 5) is 0. The molecule has 1 aliphatic rings. The molecule has 1 aliphatic heterocycles. The second kappa shape index (κ2) is 9.59. The van der Waals surface area contributed by atoms with Crippen molar-refractivity contribution in [1.29, 1.82) is 0 Å². The first-order valence-corrected chi connectivity index (χ1v) is 12.3. The molecule has 166 valence electrons. The zero-order valence-corrected chi connectivity index (χ0v) is 20.3. The Balaban J connectivity index is 1.64. The normalized spacial score (nSPS) is 14.8. The second-order valence-corrected chi connectivity index (χ2v) is 10.0. The molecule has 0 radical (unpaired) electrons. The third-order valence-corrected chi connectivity index (χ3v) is 7.95. The minimum absolute atomic E-state index is 0.0400. The molecule has 0 aromatic heterocycles. The number of nitrogens with zero attached hydrogens (tertiary/aromatic N) is 2. The molecule has 0 fully saturated rings. The standard InChI is InChI=1S/C22H16Cl4N2O3S/c23-17-10-15(20(24)22(26)21(17)25)11-28-19-9-5-4-8-16(19)18(27-32(28,29)30)13-31-12-14-6-2-1-3-7-14/h1-10H,11-13H2. The van der Waals surface area contributed by atoms with Gasteiger partial charge in [-0.05, 0) is 23.3 Å². The van der Waals surface area contributed by atoms with Gasteiger partial charge in [0.15, 0.2) is 0 Å². The van der Waals surface area contributed by atoms with E-state index >= 15 is 0 Å². The fraction of sp³-hybridized carbons (Fsp3) is 0.136. The van der Waals surface area contributed by atoms with Crippen LogP contribution in [0, 0.1) is 0 Å². The van der Waals surface area contributed by atoms with Gasteiger partial charge < -0.3 is 4.74 Å². The molecule has 10 heteroatoms. The summed E-state index contributed by atoms with van der Waals surface area (Å²) in [5.41, 5.74) is 2.82. The summed E-state index contributed by atoms with van der Waals surface area (Å²) < 4.78 is 37.1. The predicted octanol–water partition coefficient (Wildman–Crippen LogP) is 6.57. The summed E-state index contributed by atoms with van der Waals surface area (Å²) >= 11 is 24.6. The van der Waals surface area contributed by atoms with Crippen LogP contribution in [0.15, 0.2) is 65.1 Å². The average molecular weight is 530 g/mol. The Kier molecular flexibility index (Phi) is 7.00. The number of fused-ring (bicyclic) bond motifs is 1. The van der Waals surface area contributed by atoms with Crippen molar-refractivity contribution in [1.82, 2.24) is 0 Å². The molecule has 5 nitrogen and oxygen atoms in total. The topological polar surface area (TPSA) is 59.0 Å². The van der Waals surface area contributed by atoms with Crippen LogP contribution in [-0.2, 0) is 28.1 Å². The first-order chi connectivity index (χ1) is 15.3. The summed E-state index contributed by atoms with van der Waals surface area (Å²) in [7, 11) is -4.07. The zero-order valence-electron chi connectivity index (χ0n) is 16.4. The average Bonchev–Trinajstić information content (AvgIpc) is 2.78. The molecule has 0 amide bonds. The second-order valence-electron chi connectivity index (χ2n) is 6.98. The van der Waals surface area contributed by atoms with Crippen LogP contribution >= 0.6 is 46.4 Å². The van der Waals surface area contributed by atoms with E-state index in [2.05, 4.69) is 4.40 Å².